The molecule has 136 valence electrons. The van der Waals surface area contributed by atoms with Gasteiger partial charge in [-0.05, 0) is 55.1 Å². The first-order chi connectivity index (χ1) is 12.6. The Kier molecular flexibility index (Phi) is 4.78. The van der Waals surface area contributed by atoms with Crippen LogP contribution in [0.25, 0.3) is 10.4 Å². The third-order valence-corrected chi connectivity index (χ3v) is 6.23. The first-order valence-electron chi connectivity index (χ1n) is 9.08. The first-order valence-corrected chi connectivity index (χ1v) is 9.89. The summed E-state index contributed by atoms with van der Waals surface area (Å²) in [6.45, 7) is 4.83. The van der Waals surface area contributed by atoms with Crippen LogP contribution >= 0.6 is 11.3 Å². The number of piperidine rings is 1. The van der Waals surface area contributed by atoms with E-state index in [1.807, 2.05) is 36.4 Å². The fraction of sp³-hybridized carbons (Fsp3) is 0.400. The summed E-state index contributed by atoms with van der Waals surface area (Å²) in [4.78, 5) is 28.1. The van der Waals surface area contributed by atoms with E-state index in [1.54, 1.807) is 0 Å². The minimum atomic E-state index is -0.0921. The highest BCUT2D eigenvalue weighted by atomic mass is 32.1. The van der Waals surface area contributed by atoms with E-state index in [4.69, 9.17) is 0 Å². The van der Waals surface area contributed by atoms with Gasteiger partial charge in [-0.2, -0.15) is 0 Å². The second-order valence-corrected chi connectivity index (χ2v) is 8.33. The van der Waals surface area contributed by atoms with E-state index >= 15 is 0 Å². The number of hydrogen-bond acceptors (Lipinski definition) is 4. The number of rotatable bonds is 4. The fourth-order valence-electron chi connectivity index (χ4n) is 3.99. The maximum Gasteiger partial charge on any atom is 0.261 e. The second-order valence-electron chi connectivity index (χ2n) is 7.25. The van der Waals surface area contributed by atoms with Crippen molar-refractivity contribution in [3.63, 3.8) is 0 Å². The third-order valence-electron chi connectivity index (χ3n) is 5.10. The number of nitrogens with one attached hydrogen (secondary N) is 2. The van der Waals surface area contributed by atoms with Gasteiger partial charge in [-0.1, -0.05) is 12.1 Å². The van der Waals surface area contributed by atoms with Crippen LogP contribution in [0.4, 0.5) is 5.69 Å². The lowest BCUT2D eigenvalue weighted by Gasteiger charge is -2.30. The number of nitrogens with zero attached hydrogens (tertiary/aromatic N) is 1. The van der Waals surface area contributed by atoms with E-state index in [9.17, 15) is 9.59 Å². The van der Waals surface area contributed by atoms with Crippen LogP contribution < -0.4 is 10.6 Å². The number of carbonyl (C=O) groups excluding carboxylic acids is 2. The molecule has 1 unspecified atom stereocenters. The Labute approximate surface area is 157 Å². The van der Waals surface area contributed by atoms with Crippen LogP contribution in [0.1, 0.15) is 29.4 Å². The van der Waals surface area contributed by atoms with E-state index in [-0.39, 0.29) is 17.9 Å². The summed E-state index contributed by atoms with van der Waals surface area (Å²) in [5, 5.41) is 6.01. The summed E-state index contributed by atoms with van der Waals surface area (Å²) in [7, 11) is 0. The Morgan fingerprint density at radius 1 is 1.19 bits per heavy atom. The first kappa shape index (κ1) is 17.2. The third kappa shape index (κ3) is 3.81. The highest BCUT2D eigenvalue weighted by molar-refractivity contribution is 7.17. The molecule has 0 saturated carbocycles. The molecular weight excluding hydrogens is 346 g/mol. The van der Waals surface area contributed by atoms with Crippen molar-refractivity contribution in [2.75, 3.05) is 25.0 Å². The molecule has 2 aliphatic rings. The maximum absolute atomic E-state index is 12.6. The molecular formula is C20H23N3O2S. The smallest absolute Gasteiger partial charge is 0.261 e. The molecule has 2 aliphatic heterocycles. The van der Waals surface area contributed by atoms with Gasteiger partial charge in [-0.3, -0.25) is 9.59 Å². The molecule has 26 heavy (non-hydrogen) atoms. The van der Waals surface area contributed by atoms with Crippen LogP contribution in [0.5, 0.6) is 0 Å². The lowest BCUT2D eigenvalue weighted by Crippen LogP contribution is -2.46. The van der Waals surface area contributed by atoms with Gasteiger partial charge in [0.1, 0.15) is 0 Å². The van der Waals surface area contributed by atoms with Crippen molar-refractivity contribution < 1.29 is 9.59 Å². The summed E-state index contributed by atoms with van der Waals surface area (Å²) in [6.07, 6.45) is 2.36. The Hall–Kier alpha value is -2.18. The molecule has 0 spiro atoms. The molecule has 1 aromatic carbocycles. The van der Waals surface area contributed by atoms with Gasteiger partial charge >= 0.3 is 0 Å². The van der Waals surface area contributed by atoms with Crippen molar-refractivity contribution in [3.8, 4) is 10.4 Å². The van der Waals surface area contributed by atoms with Gasteiger partial charge < -0.3 is 15.5 Å². The Balaban J connectivity index is 1.44. The van der Waals surface area contributed by atoms with Crippen molar-refractivity contribution in [2.24, 2.45) is 5.92 Å². The van der Waals surface area contributed by atoms with Gasteiger partial charge in [0.15, 0.2) is 0 Å². The predicted octanol–water partition coefficient (Wildman–Crippen LogP) is 3.20. The Bertz CT molecular complexity index is 820. The number of thiophene rings is 1. The molecule has 6 heteroatoms. The molecule has 0 aliphatic carbocycles. The standard InChI is InChI=1S/C20H23N3O2S/c1-13(24)21-16-4-2-3-15(10-16)18-5-6-19(26-18)20(25)22-17-9-14-7-8-23(11-14)12-17/h2-6,10,14,17H,7-9,11-12H2,1H3,(H,21,24)(H,22,25)/t14-,17+/m0/s1. The lowest BCUT2D eigenvalue weighted by molar-refractivity contribution is -0.114. The fourth-order valence-corrected chi connectivity index (χ4v) is 4.89. The number of amides is 2. The second kappa shape index (κ2) is 7.21. The van der Waals surface area contributed by atoms with Gasteiger partial charge in [-0.15, -0.1) is 11.3 Å². The van der Waals surface area contributed by atoms with Crippen LogP contribution in [0, 0.1) is 5.92 Å². The number of benzene rings is 1. The zero-order valence-electron chi connectivity index (χ0n) is 14.8. The monoisotopic (exact) mass is 369 g/mol. The Morgan fingerprint density at radius 2 is 2.08 bits per heavy atom. The number of anilines is 1. The summed E-state index contributed by atoms with van der Waals surface area (Å²) < 4.78 is 0. The van der Waals surface area contributed by atoms with Gasteiger partial charge in [0.25, 0.3) is 5.91 Å². The molecule has 2 N–H and O–H groups in total. The van der Waals surface area contributed by atoms with E-state index in [2.05, 4.69) is 15.5 Å². The molecule has 2 aromatic rings. The highest BCUT2D eigenvalue weighted by Crippen LogP contribution is 2.31. The predicted molar refractivity (Wildman–Crippen MR) is 104 cm³/mol. The van der Waals surface area contributed by atoms with Crippen molar-refractivity contribution in [1.29, 1.82) is 0 Å². The van der Waals surface area contributed by atoms with E-state index < -0.39 is 0 Å². The average molecular weight is 369 g/mol. The number of fused-ring (bicyclic) bond motifs is 2. The Morgan fingerprint density at radius 3 is 2.88 bits per heavy atom. The molecule has 5 nitrogen and oxygen atoms in total. The lowest BCUT2D eigenvalue weighted by atomic mass is 9.97. The van der Waals surface area contributed by atoms with Crippen LogP contribution in [-0.4, -0.2) is 42.4 Å². The van der Waals surface area contributed by atoms with Crippen molar-refractivity contribution in [3.05, 3.63) is 41.3 Å². The molecule has 3 atom stereocenters. The van der Waals surface area contributed by atoms with Gasteiger partial charge in [0, 0.05) is 36.6 Å². The molecule has 2 amide bonds. The summed E-state index contributed by atoms with van der Waals surface area (Å²) in [6, 6.07) is 11.8. The quantitative estimate of drug-likeness (QED) is 0.870. The molecule has 4 rings (SSSR count). The van der Waals surface area contributed by atoms with Crippen molar-refractivity contribution >= 4 is 28.8 Å². The average Bonchev–Trinajstić information content (AvgIpc) is 3.21. The maximum atomic E-state index is 12.6. The molecule has 1 aromatic heterocycles. The van der Waals surface area contributed by atoms with Crippen LogP contribution in [0.15, 0.2) is 36.4 Å². The molecule has 2 bridgehead atoms. The zero-order valence-corrected chi connectivity index (χ0v) is 15.6. The molecule has 2 fully saturated rings. The van der Waals surface area contributed by atoms with Crippen molar-refractivity contribution in [2.45, 2.75) is 25.8 Å². The SMILES string of the molecule is CC(=O)Nc1cccc(-c2ccc(C(=O)N[C@@H]3C[C@@H]4CCN(C4)C3)s2)c1. The van der Waals surface area contributed by atoms with Crippen LogP contribution in [-0.2, 0) is 4.79 Å². The summed E-state index contributed by atoms with van der Waals surface area (Å²) >= 11 is 1.49. The summed E-state index contributed by atoms with van der Waals surface area (Å²) in [5.74, 6) is 0.668. The van der Waals surface area contributed by atoms with Gasteiger partial charge in [-0.25, -0.2) is 0 Å². The molecule has 3 heterocycles. The topological polar surface area (TPSA) is 61.4 Å². The number of carbonyl (C=O) groups is 2. The minimum absolute atomic E-state index is 0.0202. The minimum Gasteiger partial charge on any atom is -0.347 e. The van der Waals surface area contributed by atoms with E-state index in [0.717, 1.165) is 39.9 Å². The van der Waals surface area contributed by atoms with Crippen LogP contribution in [0.2, 0.25) is 0 Å². The largest absolute Gasteiger partial charge is 0.347 e. The van der Waals surface area contributed by atoms with Crippen molar-refractivity contribution in [1.82, 2.24) is 10.2 Å². The van der Waals surface area contributed by atoms with Crippen LogP contribution in [0.3, 0.4) is 0 Å². The highest BCUT2D eigenvalue weighted by Gasteiger charge is 2.33. The van der Waals surface area contributed by atoms with Gasteiger partial charge in [0.05, 0.1) is 4.88 Å². The zero-order chi connectivity index (χ0) is 18.1. The van der Waals surface area contributed by atoms with E-state index in [1.165, 1.54) is 37.8 Å². The van der Waals surface area contributed by atoms with Gasteiger partial charge in [0.2, 0.25) is 5.91 Å². The molecule has 2 saturated heterocycles. The summed E-state index contributed by atoms with van der Waals surface area (Å²) in [5.41, 5.74) is 1.77. The number of hydrogen-bond donors (Lipinski definition) is 2. The normalized spacial score (nSPS) is 24.3. The molecule has 0 radical (unpaired) electrons. The van der Waals surface area contributed by atoms with E-state index in [0.29, 0.717) is 0 Å².